The van der Waals surface area contributed by atoms with E-state index in [4.69, 9.17) is 0 Å². The molecule has 1 N–H and O–H groups in total. The molecule has 0 radical (unpaired) electrons. The summed E-state index contributed by atoms with van der Waals surface area (Å²) in [4.78, 5) is 16.6. The molecule has 1 aliphatic rings. The summed E-state index contributed by atoms with van der Waals surface area (Å²) in [7, 11) is 0. The van der Waals surface area contributed by atoms with E-state index in [1.54, 1.807) is 0 Å². The molecule has 1 saturated heterocycles. The monoisotopic (exact) mass is 317 g/mol. The number of urea groups is 1. The van der Waals surface area contributed by atoms with Crippen LogP contribution in [-0.4, -0.2) is 43.7 Å². The molecule has 1 aliphatic heterocycles. The molecular weight excluding hydrogens is 286 g/mol. The molecule has 0 spiro atoms. The van der Waals surface area contributed by atoms with Gasteiger partial charge in [0.1, 0.15) is 0 Å². The molecule has 1 aromatic carbocycles. The first-order valence-electron chi connectivity index (χ1n) is 8.89. The second-order valence-electron chi connectivity index (χ2n) is 6.82. The van der Waals surface area contributed by atoms with Gasteiger partial charge in [-0.15, -0.1) is 0 Å². The zero-order valence-corrected chi connectivity index (χ0v) is 15.1. The zero-order chi connectivity index (χ0) is 16.8. The number of rotatable bonds is 5. The summed E-state index contributed by atoms with van der Waals surface area (Å²) in [5.74, 6) is 0.626. The SMILES string of the molecule is CCc1cccc(C)c1N1CCN(C(=O)NCCC(C)C)CC1. The van der Waals surface area contributed by atoms with Crippen LogP contribution in [0.4, 0.5) is 10.5 Å². The summed E-state index contributed by atoms with van der Waals surface area (Å²) >= 11 is 0. The van der Waals surface area contributed by atoms with Gasteiger partial charge in [0.05, 0.1) is 0 Å². The highest BCUT2D eigenvalue weighted by Gasteiger charge is 2.23. The Hall–Kier alpha value is -1.71. The number of hydrogen-bond acceptors (Lipinski definition) is 2. The van der Waals surface area contributed by atoms with E-state index < -0.39 is 0 Å². The topological polar surface area (TPSA) is 35.6 Å². The maximum Gasteiger partial charge on any atom is 0.317 e. The van der Waals surface area contributed by atoms with Crippen LogP contribution in [0.5, 0.6) is 0 Å². The van der Waals surface area contributed by atoms with Crippen LogP contribution >= 0.6 is 0 Å². The van der Waals surface area contributed by atoms with E-state index in [0.29, 0.717) is 5.92 Å². The van der Waals surface area contributed by atoms with Crippen molar-refractivity contribution < 1.29 is 4.79 Å². The highest BCUT2D eigenvalue weighted by Crippen LogP contribution is 2.26. The van der Waals surface area contributed by atoms with Crippen LogP contribution in [0.25, 0.3) is 0 Å². The molecule has 23 heavy (non-hydrogen) atoms. The molecule has 0 bridgehead atoms. The Bertz CT molecular complexity index is 519. The smallest absolute Gasteiger partial charge is 0.317 e. The van der Waals surface area contributed by atoms with Crippen LogP contribution in [0.2, 0.25) is 0 Å². The van der Waals surface area contributed by atoms with Gasteiger partial charge in [-0.2, -0.15) is 0 Å². The van der Waals surface area contributed by atoms with Crippen molar-refractivity contribution in [2.24, 2.45) is 5.92 Å². The molecule has 0 aromatic heterocycles. The number of piperazine rings is 1. The number of carbonyl (C=O) groups is 1. The van der Waals surface area contributed by atoms with Crippen molar-refractivity contribution in [3.8, 4) is 0 Å². The summed E-state index contributed by atoms with van der Waals surface area (Å²) < 4.78 is 0. The number of nitrogens with zero attached hydrogens (tertiary/aromatic N) is 2. The predicted octanol–water partition coefficient (Wildman–Crippen LogP) is 3.44. The van der Waals surface area contributed by atoms with Crippen LogP contribution in [0.3, 0.4) is 0 Å². The maximum atomic E-state index is 12.2. The number of aryl methyl sites for hydroxylation is 2. The molecule has 1 heterocycles. The van der Waals surface area contributed by atoms with Crippen molar-refractivity contribution in [2.45, 2.75) is 40.5 Å². The summed E-state index contributed by atoms with van der Waals surface area (Å²) in [6.45, 7) is 12.9. The van der Waals surface area contributed by atoms with E-state index >= 15 is 0 Å². The van der Waals surface area contributed by atoms with Gasteiger partial charge in [-0.1, -0.05) is 39.0 Å². The van der Waals surface area contributed by atoms with Crippen molar-refractivity contribution in [3.05, 3.63) is 29.3 Å². The van der Waals surface area contributed by atoms with E-state index in [9.17, 15) is 4.79 Å². The van der Waals surface area contributed by atoms with Crippen LogP contribution < -0.4 is 10.2 Å². The van der Waals surface area contributed by atoms with Gasteiger partial charge in [-0.3, -0.25) is 0 Å². The molecule has 0 saturated carbocycles. The molecule has 4 heteroatoms. The summed E-state index contributed by atoms with van der Waals surface area (Å²) in [6, 6.07) is 6.62. The predicted molar refractivity (Wildman–Crippen MR) is 97.2 cm³/mol. The van der Waals surface area contributed by atoms with Crippen molar-refractivity contribution in [1.82, 2.24) is 10.2 Å². The number of nitrogens with one attached hydrogen (secondary N) is 1. The standard InChI is InChI=1S/C19H31N3O/c1-5-17-8-6-7-16(4)18(17)21-11-13-22(14-12-21)19(23)20-10-9-15(2)3/h6-8,15H,5,9-14H2,1-4H3,(H,20,23). The van der Waals surface area contributed by atoms with Gasteiger partial charge in [0.15, 0.2) is 0 Å². The van der Waals surface area contributed by atoms with Gasteiger partial charge >= 0.3 is 6.03 Å². The maximum absolute atomic E-state index is 12.2. The molecule has 0 unspecified atom stereocenters. The third-order valence-corrected chi connectivity index (χ3v) is 4.58. The van der Waals surface area contributed by atoms with E-state index in [2.05, 4.69) is 56.1 Å². The molecule has 0 atom stereocenters. The van der Waals surface area contributed by atoms with Crippen molar-refractivity contribution >= 4 is 11.7 Å². The minimum absolute atomic E-state index is 0.0887. The Morgan fingerprint density at radius 3 is 2.52 bits per heavy atom. The number of para-hydroxylation sites is 1. The second kappa shape index (κ2) is 8.23. The Kier molecular flexibility index (Phi) is 6.31. The Morgan fingerprint density at radius 2 is 1.91 bits per heavy atom. The number of hydrogen-bond donors (Lipinski definition) is 1. The lowest BCUT2D eigenvalue weighted by Gasteiger charge is -2.37. The summed E-state index contributed by atoms with van der Waals surface area (Å²) in [5.41, 5.74) is 4.11. The largest absolute Gasteiger partial charge is 0.368 e. The van der Waals surface area contributed by atoms with E-state index in [1.807, 2.05) is 4.90 Å². The molecule has 2 rings (SSSR count). The van der Waals surface area contributed by atoms with Crippen molar-refractivity contribution in [2.75, 3.05) is 37.6 Å². The Balaban J connectivity index is 1.90. The quantitative estimate of drug-likeness (QED) is 0.903. The van der Waals surface area contributed by atoms with Gasteiger partial charge in [0.2, 0.25) is 0 Å². The number of amides is 2. The highest BCUT2D eigenvalue weighted by atomic mass is 16.2. The lowest BCUT2D eigenvalue weighted by molar-refractivity contribution is 0.194. The molecule has 128 valence electrons. The molecule has 1 fully saturated rings. The Morgan fingerprint density at radius 1 is 1.22 bits per heavy atom. The average molecular weight is 317 g/mol. The normalized spacial score (nSPS) is 15.2. The van der Waals surface area contributed by atoms with Gasteiger partial charge in [0.25, 0.3) is 0 Å². The van der Waals surface area contributed by atoms with E-state index in [0.717, 1.165) is 45.6 Å². The van der Waals surface area contributed by atoms with Gasteiger partial charge in [0, 0.05) is 38.4 Å². The fourth-order valence-corrected chi connectivity index (χ4v) is 3.17. The average Bonchev–Trinajstić information content (AvgIpc) is 2.54. The summed E-state index contributed by atoms with van der Waals surface area (Å²) in [5, 5.41) is 3.04. The summed E-state index contributed by atoms with van der Waals surface area (Å²) in [6.07, 6.45) is 2.09. The number of anilines is 1. The van der Waals surface area contributed by atoms with E-state index in [1.165, 1.54) is 16.8 Å². The second-order valence-corrected chi connectivity index (χ2v) is 6.82. The first-order chi connectivity index (χ1) is 11.0. The van der Waals surface area contributed by atoms with Crippen LogP contribution in [0.1, 0.15) is 38.3 Å². The first-order valence-corrected chi connectivity index (χ1v) is 8.89. The lowest BCUT2D eigenvalue weighted by atomic mass is 10.0. The van der Waals surface area contributed by atoms with Gasteiger partial charge in [-0.05, 0) is 36.8 Å². The molecule has 4 nitrogen and oxygen atoms in total. The van der Waals surface area contributed by atoms with Crippen LogP contribution in [0.15, 0.2) is 18.2 Å². The zero-order valence-electron chi connectivity index (χ0n) is 15.1. The van der Waals surface area contributed by atoms with Gasteiger partial charge < -0.3 is 15.1 Å². The van der Waals surface area contributed by atoms with Crippen LogP contribution in [-0.2, 0) is 6.42 Å². The Labute approximate surface area is 140 Å². The minimum Gasteiger partial charge on any atom is -0.368 e. The third kappa shape index (κ3) is 4.63. The molecule has 2 amide bonds. The van der Waals surface area contributed by atoms with Crippen molar-refractivity contribution in [1.29, 1.82) is 0 Å². The molecule has 1 aromatic rings. The molecule has 0 aliphatic carbocycles. The highest BCUT2D eigenvalue weighted by molar-refractivity contribution is 5.74. The van der Waals surface area contributed by atoms with Crippen LogP contribution in [0, 0.1) is 12.8 Å². The molecular formula is C19H31N3O. The first kappa shape index (κ1) is 17.6. The number of benzene rings is 1. The minimum atomic E-state index is 0.0887. The van der Waals surface area contributed by atoms with Gasteiger partial charge in [-0.25, -0.2) is 4.79 Å². The van der Waals surface area contributed by atoms with E-state index in [-0.39, 0.29) is 6.03 Å². The fraction of sp³-hybridized carbons (Fsp3) is 0.632. The fourth-order valence-electron chi connectivity index (χ4n) is 3.17. The number of carbonyl (C=O) groups excluding carboxylic acids is 1. The van der Waals surface area contributed by atoms with Crippen molar-refractivity contribution in [3.63, 3.8) is 0 Å². The third-order valence-electron chi connectivity index (χ3n) is 4.58. The lowest BCUT2D eigenvalue weighted by Crippen LogP contribution is -2.52.